The zero-order valence-electron chi connectivity index (χ0n) is 49.0. The molecule has 2 heterocycles. The maximum Gasteiger partial charge on any atom is 0.343 e. The summed E-state index contributed by atoms with van der Waals surface area (Å²) in [6.45, 7) is 0. The number of carbonyl (C=O) groups is 6. The summed E-state index contributed by atoms with van der Waals surface area (Å²) in [5.74, 6) is -4.00. The number of aromatic hydroxyl groups is 3. The average molecular weight is 1340 g/mol. The molecule has 0 radical (unpaired) electrons. The van der Waals surface area contributed by atoms with Crippen LogP contribution >= 0.6 is 0 Å². The largest absolute Gasteiger partial charge is 0.507 e. The quantitative estimate of drug-likeness (QED) is 0.0133. The van der Waals surface area contributed by atoms with Crippen LogP contribution in [0.1, 0.15) is 68.6 Å². The van der Waals surface area contributed by atoms with E-state index in [0.717, 1.165) is 0 Å². The monoisotopic (exact) mass is 1340 g/mol. The fourth-order valence-corrected chi connectivity index (χ4v) is 8.82. The van der Waals surface area contributed by atoms with Gasteiger partial charge in [0.2, 0.25) is 0 Å². The van der Waals surface area contributed by atoms with Crippen LogP contribution in [-0.4, -0.2) is 50.8 Å². The molecule has 0 spiro atoms. The number of phenolic OH excluding ortho intramolecular Hbond substituents is 3. The minimum atomic E-state index is -0.720. The standard InChI is InChI=1S/C29H20O7.C29H18O6.C15H10O4.CH3.H2O.Pd/c30-23-14-8-7-13-22(23)25(32)18-24(31)21-15-16-26(35-28(33)19-9-3-1-4-10-19)27(17-21)36-29(34)20-11-5-2-6-12-20;30-23-18-26(33-24-14-8-7-13-22(23)24)21-15-16-25(34-28(31)19-9-3-1-4-10-19)27(17-21)35-29(32)20-11-5-2-6-12-20;16-11-6-5-9(7-13(11)18)15-8-12(17)10-3-1-2-4-14(10)19-15;;;/h1-17,30H,18H2;1-18H;1-8,16,18H;1H3;1H2;/q;;;-1;;/p+1. The molecule has 19 heteroatoms. The first-order valence-electron chi connectivity index (χ1n) is 27.5. The SMILES string of the molecule is O=C(CC(=O)c1ccccc1O)c1ccc(OC(=O)c2ccccc2)c(OC(=O)c2ccccc2)c1.O=C(Oc1ccc(-c2cc(=O)c3ccccc3o2)cc1OC(=O)c1ccccc1)c1ccccc1.O=c1cc(-c2ccc(O)c(O)c2)oc2ccccc12.[CH3-].[OH3+].[Pd]. The molecular formula is C74H54O18Pd. The fraction of sp³-hybridized carbons (Fsp3) is 0.0135. The third-order valence-corrected chi connectivity index (χ3v) is 13.4. The van der Waals surface area contributed by atoms with Crippen molar-refractivity contribution in [3.05, 3.63) is 322 Å². The van der Waals surface area contributed by atoms with E-state index in [1.807, 2.05) is 0 Å². The second-order valence-electron chi connectivity index (χ2n) is 19.5. The van der Waals surface area contributed by atoms with Gasteiger partial charge < -0.3 is 56.0 Å². The number of Topliss-reactive ketones (excluding diaryl/α,β-unsaturated/α-hetero) is 2. The van der Waals surface area contributed by atoms with Crippen molar-refractivity contribution in [3.63, 3.8) is 0 Å². The Morgan fingerprint density at radius 1 is 0.333 bits per heavy atom. The van der Waals surface area contributed by atoms with E-state index in [4.69, 9.17) is 27.8 Å². The summed E-state index contributed by atoms with van der Waals surface area (Å²) in [5.41, 5.74) is 2.86. The van der Waals surface area contributed by atoms with Gasteiger partial charge >= 0.3 is 23.9 Å². The van der Waals surface area contributed by atoms with Crippen LogP contribution in [0.25, 0.3) is 44.6 Å². The first-order valence-corrected chi connectivity index (χ1v) is 27.5. The molecule has 468 valence electrons. The van der Waals surface area contributed by atoms with Crippen molar-refractivity contribution < 1.29 is 97.8 Å². The Morgan fingerprint density at radius 3 is 1.14 bits per heavy atom. The molecule has 0 aliphatic rings. The Bertz CT molecular complexity index is 4780. The van der Waals surface area contributed by atoms with Crippen molar-refractivity contribution in [2.45, 2.75) is 6.42 Å². The summed E-state index contributed by atoms with van der Waals surface area (Å²) >= 11 is 0. The first-order chi connectivity index (χ1) is 43.6. The number of carbonyl (C=O) groups excluding carboxylic acids is 6. The van der Waals surface area contributed by atoms with E-state index < -0.39 is 41.9 Å². The van der Waals surface area contributed by atoms with Crippen LogP contribution in [-0.2, 0) is 25.9 Å². The third kappa shape index (κ3) is 17.2. The van der Waals surface area contributed by atoms with Crippen molar-refractivity contribution >= 4 is 57.4 Å². The summed E-state index contributed by atoms with van der Waals surface area (Å²) in [4.78, 5) is 101. The van der Waals surface area contributed by atoms with Gasteiger partial charge in [0.15, 0.2) is 56.9 Å². The van der Waals surface area contributed by atoms with Gasteiger partial charge in [-0.2, -0.15) is 0 Å². The molecule has 0 amide bonds. The maximum atomic E-state index is 12.9. The number of hydrogen-bond acceptors (Lipinski definition) is 17. The zero-order chi connectivity index (χ0) is 63.1. The second-order valence-corrected chi connectivity index (χ2v) is 19.5. The minimum absolute atomic E-state index is 0. The van der Waals surface area contributed by atoms with Crippen LogP contribution in [0.3, 0.4) is 0 Å². The molecule has 0 atom stereocenters. The smallest absolute Gasteiger partial charge is 0.343 e. The predicted octanol–water partition coefficient (Wildman–Crippen LogP) is 13.6. The molecule has 12 rings (SSSR count). The fourth-order valence-electron chi connectivity index (χ4n) is 8.82. The third-order valence-electron chi connectivity index (χ3n) is 13.4. The second kappa shape index (κ2) is 31.9. The molecule has 0 bridgehead atoms. The van der Waals surface area contributed by atoms with E-state index in [1.165, 1.54) is 66.7 Å². The van der Waals surface area contributed by atoms with E-state index in [0.29, 0.717) is 50.0 Å². The number of ether oxygens (including phenoxy) is 4. The molecule has 93 heavy (non-hydrogen) atoms. The summed E-state index contributed by atoms with van der Waals surface area (Å²) in [6, 6.07) is 68.7. The van der Waals surface area contributed by atoms with Gasteiger partial charge in [-0.25, -0.2) is 19.2 Å². The molecule has 0 aliphatic heterocycles. The topological polar surface area (TPSA) is 293 Å². The van der Waals surface area contributed by atoms with Gasteiger partial charge in [-0.3, -0.25) is 19.2 Å². The summed E-state index contributed by atoms with van der Waals surface area (Å²) < 4.78 is 33.6. The first kappa shape index (κ1) is 68.4. The minimum Gasteiger partial charge on any atom is -0.507 e. The van der Waals surface area contributed by atoms with Crippen LogP contribution in [0.2, 0.25) is 0 Å². The van der Waals surface area contributed by atoms with Gasteiger partial charge in [-0.05, 0) is 140 Å². The summed E-state index contributed by atoms with van der Waals surface area (Å²) in [5, 5.41) is 29.6. The zero-order valence-corrected chi connectivity index (χ0v) is 50.5. The van der Waals surface area contributed by atoms with E-state index >= 15 is 0 Å². The van der Waals surface area contributed by atoms with Crippen LogP contribution < -0.4 is 29.8 Å². The van der Waals surface area contributed by atoms with Gasteiger partial charge in [0.05, 0.1) is 45.0 Å². The van der Waals surface area contributed by atoms with E-state index in [2.05, 4.69) is 0 Å². The molecule has 10 aromatic carbocycles. The van der Waals surface area contributed by atoms with Crippen molar-refractivity contribution in [1.29, 1.82) is 0 Å². The molecular weight excluding hydrogens is 1280 g/mol. The number of hydrogen-bond donors (Lipinski definition) is 3. The molecule has 0 fully saturated rings. The van der Waals surface area contributed by atoms with Crippen LogP contribution in [0, 0.1) is 7.43 Å². The molecule has 0 saturated carbocycles. The number of esters is 4. The van der Waals surface area contributed by atoms with Gasteiger partial charge in [-0.1, -0.05) is 109 Å². The van der Waals surface area contributed by atoms with Gasteiger partial charge in [-0.15, -0.1) is 0 Å². The number of benzene rings is 10. The Kier molecular flexibility index (Phi) is 23.4. The molecule has 0 unspecified atom stereocenters. The van der Waals surface area contributed by atoms with E-state index in [9.17, 15) is 53.7 Å². The van der Waals surface area contributed by atoms with Crippen molar-refractivity contribution in [2.75, 3.05) is 0 Å². The average Bonchev–Trinajstić information content (AvgIpc) is 1.08. The number of rotatable bonds is 14. The Morgan fingerprint density at radius 2 is 0.699 bits per heavy atom. The summed E-state index contributed by atoms with van der Waals surface area (Å²) in [7, 11) is 0. The van der Waals surface area contributed by atoms with E-state index in [1.54, 1.807) is 194 Å². The Balaban J connectivity index is 0.000000203. The van der Waals surface area contributed by atoms with Crippen LogP contribution in [0.5, 0.6) is 40.2 Å². The molecule has 6 N–H and O–H groups in total. The number of para-hydroxylation sites is 3. The van der Waals surface area contributed by atoms with Gasteiger partial charge in [0.1, 0.15) is 28.4 Å². The van der Waals surface area contributed by atoms with Crippen LogP contribution in [0.15, 0.2) is 279 Å². The maximum absolute atomic E-state index is 12.9. The molecule has 2 aromatic heterocycles. The predicted molar refractivity (Wildman–Crippen MR) is 344 cm³/mol. The van der Waals surface area contributed by atoms with Gasteiger partial charge in [0, 0.05) is 49.2 Å². The number of phenols is 3. The van der Waals surface area contributed by atoms with Crippen molar-refractivity contribution in [2.24, 2.45) is 0 Å². The van der Waals surface area contributed by atoms with Crippen molar-refractivity contribution in [3.8, 4) is 62.9 Å². The normalized spacial score (nSPS) is 10.2. The van der Waals surface area contributed by atoms with Gasteiger partial charge in [0.25, 0.3) is 0 Å². The van der Waals surface area contributed by atoms with Crippen molar-refractivity contribution in [1.82, 2.24) is 0 Å². The summed E-state index contributed by atoms with van der Waals surface area (Å²) in [6.07, 6.45) is -0.521. The molecule has 12 aromatic rings. The molecule has 0 aliphatic carbocycles. The number of ketones is 2. The van der Waals surface area contributed by atoms with Crippen LogP contribution in [0.4, 0.5) is 0 Å². The Labute approximate surface area is 543 Å². The van der Waals surface area contributed by atoms with E-state index in [-0.39, 0.29) is 112 Å². The molecule has 0 saturated heterocycles. The number of fused-ring (bicyclic) bond motifs is 2. The Hall–Kier alpha value is -12.1. The molecule has 18 nitrogen and oxygen atoms in total.